The first-order valence-corrected chi connectivity index (χ1v) is 14.5. The molecule has 0 aromatic carbocycles. The van der Waals surface area contributed by atoms with Crippen molar-refractivity contribution < 1.29 is 94.6 Å². The Labute approximate surface area is 250 Å². The molecule has 10 unspecified atom stereocenters. The summed E-state index contributed by atoms with van der Waals surface area (Å²) in [4.78, 5) is 26.9. The molecule has 0 heterocycles. The van der Waals surface area contributed by atoms with Crippen LogP contribution in [-0.2, 0) is 29.8 Å². The number of carbonyl (C=O) groups is 2. The number of carbonyl (C=O) groups excluding carboxylic acids is 2. The summed E-state index contributed by atoms with van der Waals surface area (Å²) in [5.41, 5.74) is 12.1. The first-order valence-electron chi connectivity index (χ1n) is 11.5. The predicted octanol–water partition coefficient (Wildman–Crippen LogP) is -7.42. The van der Waals surface area contributed by atoms with E-state index in [0.717, 1.165) is 12.8 Å². The van der Waals surface area contributed by atoms with E-state index in [1.54, 1.807) is 0 Å². The summed E-state index contributed by atoms with van der Waals surface area (Å²) in [5, 5.41) is 0.496. The maximum absolute atomic E-state index is 13.5. The quantitative estimate of drug-likeness (QED) is 0.220. The molecule has 188 valence electrons. The predicted molar refractivity (Wildman–Crippen MR) is 115 cm³/mol. The minimum absolute atomic E-state index is 0. The Hall–Kier alpha value is 1.04. The molecule has 4 saturated carbocycles. The fourth-order valence-electron chi connectivity index (χ4n) is 6.80. The number of rotatable bonds is 4. The first-order chi connectivity index (χ1) is 15.3. The van der Waals surface area contributed by atoms with Crippen LogP contribution in [0.15, 0.2) is 0 Å². The van der Waals surface area contributed by atoms with Crippen molar-refractivity contribution in [3.05, 3.63) is 0 Å². The van der Waals surface area contributed by atoms with Gasteiger partial charge >= 0.3 is 59.1 Å². The average molecular weight is 552 g/mol. The molecule has 4 aliphatic rings. The van der Waals surface area contributed by atoms with Gasteiger partial charge < -0.3 is 25.9 Å². The van der Waals surface area contributed by atoms with Gasteiger partial charge in [0.05, 0.1) is 30.7 Å². The second-order valence-electron chi connectivity index (χ2n) is 10.2. The summed E-state index contributed by atoms with van der Waals surface area (Å²) < 4.78 is 70.3. The fourth-order valence-corrected chi connectivity index (χ4v) is 8.76. The van der Waals surface area contributed by atoms with Crippen molar-refractivity contribution in [3.63, 3.8) is 0 Å². The topological polar surface area (TPSA) is 213 Å². The zero-order valence-corrected chi connectivity index (χ0v) is 25.8. The van der Waals surface area contributed by atoms with E-state index >= 15 is 0 Å². The van der Waals surface area contributed by atoms with Gasteiger partial charge in [0.15, 0.2) is 0 Å². The molecular weight excluding hydrogens is 520 g/mol. The molecule has 0 aromatic rings. The summed E-state index contributed by atoms with van der Waals surface area (Å²) in [6, 6.07) is -3.33. The molecule has 4 rings (SSSR count). The minimum Gasteiger partial charge on any atom is -0.748 e. The molecule has 11 nitrogen and oxygen atoms in total. The molecule has 0 saturated heterocycles. The van der Waals surface area contributed by atoms with Gasteiger partial charge in [0, 0.05) is 47.8 Å². The standard InChI is InChI=1S/C20H33N3O8S2.2Na/c21-12-7-9(5-6-14(12)32(26,27)28)23-13-8-15(33(29,30)31)18(22)17-16(13)19(24)10-3-1-2-4-11(10)20(17)25;;/h9-18,23H,1-8,21-22H2,(H,26,27,28)(H,29,30,31);;/q;2*+1/p-2. The third-order valence-electron chi connectivity index (χ3n) is 8.33. The Bertz CT molecular complexity index is 1030. The molecular formula is C20H31N3Na2O8S2. The smallest absolute Gasteiger partial charge is 0.748 e. The normalized spacial score (nSPS) is 42.2. The molecule has 0 aromatic heterocycles. The van der Waals surface area contributed by atoms with Gasteiger partial charge in [-0.3, -0.25) is 9.59 Å². The Kier molecular flexibility index (Phi) is 11.1. The SMILES string of the molecule is NC1CC(NC2CC(S(=O)(=O)[O-])C(N)C3C(=O)C4CCCCC4C(=O)C23)CCC1S(=O)(=O)[O-].[Na+].[Na+]. The minimum atomic E-state index is -4.83. The van der Waals surface area contributed by atoms with Crippen LogP contribution in [0.5, 0.6) is 0 Å². The summed E-state index contributed by atoms with van der Waals surface area (Å²) in [6.45, 7) is 0. The van der Waals surface area contributed by atoms with Gasteiger partial charge in [0.25, 0.3) is 0 Å². The average Bonchev–Trinajstić information content (AvgIpc) is 2.71. The van der Waals surface area contributed by atoms with Crippen molar-refractivity contribution in [1.82, 2.24) is 5.32 Å². The maximum Gasteiger partial charge on any atom is 1.00 e. The number of hydrogen-bond donors (Lipinski definition) is 3. The Balaban J connectivity index is 0.00000216. The molecule has 0 bridgehead atoms. The molecule has 4 fully saturated rings. The van der Waals surface area contributed by atoms with Gasteiger partial charge in [-0.2, -0.15) is 0 Å². The molecule has 15 heteroatoms. The van der Waals surface area contributed by atoms with Crippen molar-refractivity contribution in [2.75, 3.05) is 0 Å². The van der Waals surface area contributed by atoms with Crippen LogP contribution in [0.3, 0.4) is 0 Å². The number of nitrogens with two attached hydrogens (primary N) is 2. The van der Waals surface area contributed by atoms with Crippen molar-refractivity contribution >= 4 is 31.8 Å². The van der Waals surface area contributed by atoms with Crippen LogP contribution in [0.2, 0.25) is 0 Å². The molecule has 0 radical (unpaired) electrons. The van der Waals surface area contributed by atoms with Crippen molar-refractivity contribution in [1.29, 1.82) is 0 Å². The Morgan fingerprint density at radius 1 is 0.743 bits per heavy atom. The molecule has 35 heavy (non-hydrogen) atoms. The monoisotopic (exact) mass is 551 g/mol. The zero-order chi connectivity index (χ0) is 24.3. The van der Waals surface area contributed by atoms with E-state index < -0.39 is 72.5 Å². The van der Waals surface area contributed by atoms with Crippen LogP contribution >= 0.6 is 0 Å². The zero-order valence-electron chi connectivity index (χ0n) is 20.2. The van der Waals surface area contributed by atoms with Gasteiger partial charge in [0.2, 0.25) is 0 Å². The molecule has 5 N–H and O–H groups in total. The number of Topliss-reactive ketones (excluding diaryl/α,β-unsaturated/α-hetero) is 2. The molecule has 0 aliphatic heterocycles. The van der Waals surface area contributed by atoms with Crippen molar-refractivity contribution in [2.45, 2.75) is 86.0 Å². The number of nitrogens with one attached hydrogen (secondary N) is 1. The van der Waals surface area contributed by atoms with E-state index in [1.807, 2.05) is 0 Å². The van der Waals surface area contributed by atoms with Crippen LogP contribution in [0.25, 0.3) is 0 Å². The summed E-state index contributed by atoms with van der Waals surface area (Å²) in [5.74, 6) is -3.15. The van der Waals surface area contributed by atoms with Crippen LogP contribution in [0.4, 0.5) is 0 Å². The third kappa shape index (κ3) is 6.44. The van der Waals surface area contributed by atoms with E-state index in [-0.39, 0.29) is 102 Å². The van der Waals surface area contributed by atoms with Gasteiger partial charge in [-0.05, 0) is 38.5 Å². The van der Waals surface area contributed by atoms with Gasteiger partial charge in [-0.15, -0.1) is 0 Å². The van der Waals surface area contributed by atoms with Crippen LogP contribution in [0, 0.1) is 23.7 Å². The van der Waals surface area contributed by atoms with Gasteiger partial charge in [-0.25, -0.2) is 16.8 Å². The Morgan fingerprint density at radius 3 is 1.74 bits per heavy atom. The van der Waals surface area contributed by atoms with Crippen LogP contribution < -0.4 is 75.9 Å². The Morgan fingerprint density at radius 2 is 1.26 bits per heavy atom. The van der Waals surface area contributed by atoms with E-state index in [4.69, 9.17) is 11.5 Å². The van der Waals surface area contributed by atoms with Crippen LogP contribution in [-0.4, -0.2) is 72.2 Å². The molecule has 0 amide bonds. The van der Waals surface area contributed by atoms with E-state index in [1.165, 1.54) is 0 Å². The van der Waals surface area contributed by atoms with Crippen molar-refractivity contribution in [2.24, 2.45) is 35.1 Å². The summed E-state index contributed by atoms with van der Waals surface area (Å²) in [7, 11) is -9.39. The van der Waals surface area contributed by atoms with E-state index in [0.29, 0.717) is 12.8 Å². The summed E-state index contributed by atoms with van der Waals surface area (Å²) >= 11 is 0. The summed E-state index contributed by atoms with van der Waals surface area (Å²) in [6.07, 6.45) is 3.04. The molecule has 10 atom stereocenters. The first kappa shape index (κ1) is 32.3. The van der Waals surface area contributed by atoms with E-state index in [9.17, 15) is 35.5 Å². The van der Waals surface area contributed by atoms with E-state index in [2.05, 4.69) is 5.32 Å². The second kappa shape index (κ2) is 12.1. The maximum atomic E-state index is 13.5. The number of ketones is 2. The van der Waals surface area contributed by atoms with Gasteiger partial charge in [-0.1, -0.05) is 12.8 Å². The second-order valence-corrected chi connectivity index (χ2v) is 13.4. The van der Waals surface area contributed by atoms with Crippen LogP contribution in [0.1, 0.15) is 51.4 Å². The van der Waals surface area contributed by atoms with Crippen molar-refractivity contribution in [3.8, 4) is 0 Å². The van der Waals surface area contributed by atoms with Gasteiger partial charge in [0.1, 0.15) is 11.6 Å². The largest absolute Gasteiger partial charge is 1.00 e. The fraction of sp³-hybridized carbons (Fsp3) is 0.900. The number of fused-ring (bicyclic) bond motifs is 2. The molecule has 4 aliphatic carbocycles. The third-order valence-corrected chi connectivity index (χ3v) is 10.9. The number of hydrogen-bond acceptors (Lipinski definition) is 11. The molecule has 0 spiro atoms.